The highest BCUT2D eigenvalue weighted by atomic mass is 35.5. The van der Waals surface area contributed by atoms with Gasteiger partial charge in [-0.15, -0.1) is 0 Å². The third-order valence-corrected chi connectivity index (χ3v) is 2.22. The van der Waals surface area contributed by atoms with Crippen LogP contribution < -0.4 is 14.2 Å². The highest BCUT2D eigenvalue weighted by molar-refractivity contribution is 6.55. The van der Waals surface area contributed by atoms with E-state index in [0.717, 1.165) is 0 Å². The quantitative estimate of drug-likeness (QED) is 0.899. The summed E-state index contributed by atoms with van der Waals surface area (Å²) in [5.41, 5.74) is 0. The largest absolute Gasteiger partial charge is 0.508 e. The predicted molar refractivity (Wildman–Crippen MR) is 66.5 cm³/mol. The molecule has 0 aliphatic carbocycles. The van der Waals surface area contributed by atoms with E-state index in [1.54, 1.807) is 0 Å². The van der Waals surface area contributed by atoms with Crippen molar-refractivity contribution in [2.45, 2.75) is 0 Å². The van der Waals surface area contributed by atoms with E-state index in [0.29, 0.717) is 17.2 Å². The molecule has 6 heteroatoms. The number of rotatable bonds is 5. The van der Waals surface area contributed by atoms with Crippen LogP contribution in [-0.4, -0.2) is 25.9 Å². The maximum atomic E-state index is 9.42. The Morgan fingerprint density at radius 1 is 1.24 bits per heavy atom. The summed E-state index contributed by atoms with van der Waals surface area (Å²) in [4.78, 5) is 0. The molecule has 0 unspecified atom stereocenters. The highest BCUT2D eigenvalue weighted by Gasteiger charge is 2.13. The molecule has 0 spiro atoms. The molecule has 1 rings (SSSR count). The van der Waals surface area contributed by atoms with Crippen LogP contribution in [0.15, 0.2) is 22.7 Å². The van der Waals surface area contributed by atoms with Crippen LogP contribution in [0.3, 0.4) is 0 Å². The Hall–Kier alpha value is -1.26. The number of methoxy groups -OCH3 is 2. The van der Waals surface area contributed by atoms with E-state index in [4.69, 9.17) is 37.4 Å². The number of hydrogen-bond acceptors (Lipinski definition) is 4. The van der Waals surface area contributed by atoms with Crippen LogP contribution in [0.2, 0.25) is 0 Å². The molecule has 0 amide bonds. The summed E-state index contributed by atoms with van der Waals surface area (Å²) in [7, 11) is 2.93. The van der Waals surface area contributed by atoms with Gasteiger partial charge < -0.3 is 19.3 Å². The number of phenols is 1. The van der Waals surface area contributed by atoms with Gasteiger partial charge in [-0.2, -0.15) is 0 Å². The molecule has 0 saturated heterocycles. The third kappa shape index (κ3) is 3.91. The topological polar surface area (TPSA) is 47.9 Å². The molecule has 17 heavy (non-hydrogen) atoms. The molecular formula is C11H12Cl2O4. The third-order valence-electron chi connectivity index (χ3n) is 1.91. The van der Waals surface area contributed by atoms with Gasteiger partial charge in [0.2, 0.25) is 5.75 Å². The second-order valence-corrected chi connectivity index (χ2v) is 3.99. The van der Waals surface area contributed by atoms with Crippen LogP contribution in [0, 0.1) is 0 Å². The van der Waals surface area contributed by atoms with Crippen LogP contribution in [-0.2, 0) is 0 Å². The number of aromatic hydroxyl groups is 1. The zero-order chi connectivity index (χ0) is 12.8. The van der Waals surface area contributed by atoms with Crippen LogP contribution >= 0.6 is 23.2 Å². The lowest BCUT2D eigenvalue weighted by Crippen LogP contribution is -1.99. The summed E-state index contributed by atoms with van der Waals surface area (Å²) in [5.74, 6) is 1.12. The lowest BCUT2D eigenvalue weighted by molar-refractivity contribution is 0.298. The van der Waals surface area contributed by atoms with Gasteiger partial charge in [-0.05, 0) is 6.08 Å². The van der Waals surface area contributed by atoms with Crippen molar-refractivity contribution in [1.82, 2.24) is 0 Å². The lowest BCUT2D eigenvalue weighted by Gasteiger charge is -2.13. The van der Waals surface area contributed by atoms with Gasteiger partial charge >= 0.3 is 0 Å². The molecule has 0 radical (unpaired) electrons. The molecule has 0 heterocycles. The maximum absolute atomic E-state index is 9.42. The van der Waals surface area contributed by atoms with Crippen LogP contribution in [0.4, 0.5) is 0 Å². The average molecular weight is 279 g/mol. The number of halogens is 2. The maximum Gasteiger partial charge on any atom is 0.204 e. The Kier molecular flexibility index (Phi) is 5.25. The second-order valence-electron chi connectivity index (χ2n) is 2.98. The van der Waals surface area contributed by atoms with Crippen molar-refractivity contribution in [2.75, 3.05) is 20.8 Å². The van der Waals surface area contributed by atoms with Gasteiger partial charge in [0, 0.05) is 12.1 Å². The first-order valence-electron chi connectivity index (χ1n) is 4.67. The zero-order valence-electron chi connectivity index (χ0n) is 9.37. The van der Waals surface area contributed by atoms with E-state index < -0.39 is 0 Å². The van der Waals surface area contributed by atoms with Crippen LogP contribution in [0.25, 0.3) is 0 Å². The SMILES string of the molecule is COc1cc(O)cc(OC)c1OCC=C(Cl)Cl. The Morgan fingerprint density at radius 2 is 1.76 bits per heavy atom. The number of phenolic OH excluding ortho intramolecular Hbond substituents is 1. The standard InChI is InChI=1S/C11H12Cl2O4/c1-15-8-5-7(14)6-9(16-2)11(8)17-4-3-10(12)13/h3,5-6,14H,4H2,1-2H3. The average Bonchev–Trinajstić information content (AvgIpc) is 2.29. The predicted octanol–water partition coefficient (Wildman–Crippen LogP) is 3.11. The van der Waals surface area contributed by atoms with E-state index in [2.05, 4.69) is 0 Å². The van der Waals surface area contributed by atoms with Gasteiger partial charge in [0.1, 0.15) is 16.8 Å². The number of hydrogen-bond donors (Lipinski definition) is 1. The van der Waals surface area contributed by atoms with Gasteiger partial charge in [0.25, 0.3) is 0 Å². The van der Waals surface area contributed by atoms with Crippen molar-refractivity contribution in [2.24, 2.45) is 0 Å². The minimum absolute atomic E-state index is 0.0250. The first-order valence-corrected chi connectivity index (χ1v) is 5.43. The van der Waals surface area contributed by atoms with E-state index >= 15 is 0 Å². The van der Waals surface area contributed by atoms with Gasteiger partial charge in [0.05, 0.1) is 14.2 Å². The normalized spacial score (nSPS) is 9.65. The van der Waals surface area contributed by atoms with E-state index in [1.807, 2.05) is 0 Å². The Bertz CT molecular complexity index is 389. The first kappa shape index (κ1) is 13.8. The van der Waals surface area contributed by atoms with Crippen LogP contribution in [0.1, 0.15) is 0 Å². The van der Waals surface area contributed by atoms with E-state index in [1.165, 1.54) is 32.4 Å². The molecular weight excluding hydrogens is 267 g/mol. The highest BCUT2D eigenvalue weighted by Crippen LogP contribution is 2.40. The first-order chi connectivity index (χ1) is 8.08. The molecule has 0 aromatic heterocycles. The molecule has 0 fully saturated rings. The van der Waals surface area contributed by atoms with E-state index in [-0.39, 0.29) is 16.8 Å². The molecule has 0 aliphatic rings. The van der Waals surface area contributed by atoms with Gasteiger partial charge in [-0.1, -0.05) is 23.2 Å². The van der Waals surface area contributed by atoms with E-state index in [9.17, 15) is 5.11 Å². The fourth-order valence-corrected chi connectivity index (χ4v) is 1.32. The van der Waals surface area contributed by atoms with Crippen molar-refractivity contribution in [3.05, 3.63) is 22.7 Å². The van der Waals surface area contributed by atoms with Crippen molar-refractivity contribution >= 4 is 23.2 Å². The minimum Gasteiger partial charge on any atom is -0.508 e. The molecule has 4 nitrogen and oxygen atoms in total. The van der Waals surface area contributed by atoms with Crippen molar-refractivity contribution in [1.29, 1.82) is 0 Å². The molecule has 0 saturated carbocycles. The van der Waals surface area contributed by atoms with Gasteiger partial charge in [-0.3, -0.25) is 0 Å². The fourth-order valence-electron chi connectivity index (χ4n) is 1.20. The number of ether oxygens (including phenoxy) is 3. The monoisotopic (exact) mass is 278 g/mol. The molecule has 0 bridgehead atoms. The van der Waals surface area contributed by atoms with Crippen LogP contribution in [0.5, 0.6) is 23.0 Å². The fraction of sp³-hybridized carbons (Fsp3) is 0.273. The van der Waals surface area contributed by atoms with Crippen molar-refractivity contribution in [3.63, 3.8) is 0 Å². The molecule has 1 aromatic rings. The summed E-state index contributed by atoms with van der Waals surface area (Å²) < 4.78 is 15.7. The van der Waals surface area contributed by atoms with Crippen molar-refractivity contribution in [3.8, 4) is 23.0 Å². The molecule has 1 aromatic carbocycles. The summed E-state index contributed by atoms with van der Waals surface area (Å²) in [6, 6.07) is 2.84. The minimum atomic E-state index is 0.0250. The smallest absolute Gasteiger partial charge is 0.204 e. The second kappa shape index (κ2) is 6.47. The Morgan fingerprint density at radius 3 is 2.18 bits per heavy atom. The number of benzene rings is 1. The van der Waals surface area contributed by atoms with Gasteiger partial charge in [-0.25, -0.2) is 0 Å². The Labute approximate surface area is 109 Å². The summed E-state index contributed by atoms with van der Waals surface area (Å²) in [6.45, 7) is 0.166. The molecule has 0 aliphatic heterocycles. The molecule has 94 valence electrons. The molecule has 0 atom stereocenters. The molecule has 1 N–H and O–H groups in total. The lowest BCUT2D eigenvalue weighted by atomic mass is 10.2. The summed E-state index contributed by atoms with van der Waals surface area (Å²) in [6.07, 6.45) is 1.48. The van der Waals surface area contributed by atoms with Gasteiger partial charge in [0.15, 0.2) is 11.5 Å². The zero-order valence-corrected chi connectivity index (χ0v) is 10.9. The Balaban J connectivity index is 2.98. The summed E-state index contributed by atoms with van der Waals surface area (Å²) in [5, 5.41) is 9.42. The summed E-state index contributed by atoms with van der Waals surface area (Å²) >= 11 is 10.9. The van der Waals surface area contributed by atoms with Crippen molar-refractivity contribution < 1.29 is 19.3 Å².